The van der Waals surface area contributed by atoms with Gasteiger partial charge in [-0.2, -0.15) is 12.6 Å². The third-order valence-corrected chi connectivity index (χ3v) is 2.25. The Labute approximate surface area is 62.8 Å². The van der Waals surface area contributed by atoms with Gasteiger partial charge >= 0.3 is 0 Å². The molecule has 0 atom stereocenters. The minimum Gasteiger partial charge on any atom is -0.334 e. The number of hydrogen-bond acceptors (Lipinski definition) is 1. The van der Waals surface area contributed by atoms with Gasteiger partial charge in [0.25, 0.3) is 0 Å². The molecule has 0 saturated carbocycles. The van der Waals surface area contributed by atoms with Gasteiger partial charge in [-0.15, -0.1) is 0 Å². The van der Waals surface area contributed by atoms with E-state index >= 15 is 0 Å². The van der Waals surface area contributed by atoms with Crippen LogP contribution in [0.3, 0.4) is 0 Å². The number of nitrogens with one attached hydrogen (secondary N) is 1. The van der Waals surface area contributed by atoms with Crippen LogP contribution in [-0.4, -0.2) is 25.4 Å². The molecular formula is C7H16NS+. The zero-order valence-corrected chi connectivity index (χ0v) is 6.79. The molecular weight excluding hydrogens is 130 g/mol. The predicted octanol–water partition coefficient (Wildman–Crippen LogP) is -0.0150. The van der Waals surface area contributed by atoms with Gasteiger partial charge < -0.3 is 4.90 Å². The van der Waals surface area contributed by atoms with Crippen LogP contribution in [0.5, 0.6) is 0 Å². The molecule has 1 aliphatic heterocycles. The van der Waals surface area contributed by atoms with Gasteiger partial charge in [-0.3, -0.25) is 0 Å². The summed E-state index contributed by atoms with van der Waals surface area (Å²) in [7, 11) is 0. The number of hydrogen-bond donors (Lipinski definition) is 2. The fourth-order valence-corrected chi connectivity index (χ4v) is 1.78. The van der Waals surface area contributed by atoms with E-state index in [1.54, 1.807) is 4.90 Å². The highest BCUT2D eigenvalue weighted by Gasteiger charge is 2.10. The summed E-state index contributed by atoms with van der Waals surface area (Å²) >= 11 is 4.21. The van der Waals surface area contributed by atoms with Crippen molar-refractivity contribution in [3.8, 4) is 0 Å². The van der Waals surface area contributed by atoms with Crippen LogP contribution < -0.4 is 4.90 Å². The lowest BCUT2D eigenvalue weighted by Crippen LogP contribution is -3.13. The molecule has 1 nitrogen and oxygen atoms in total. The van der Waals surface area contributed by atoms with Crippen LogP contribution in [0.15, 0.2) is 0 Å². The molecule has 1 aliphatic rings. The highest BCUT2D eigenvalue weighted by Crippen LogP contribution is 1.93. The first-order chi connectivity index (χ1) is 4.43. The molecule has 0 aromatic carbocycles. The van der Waals surface area contributed by atoms with Crippen LogP contribution in [0.4, 0.5) is 0 Å². The SMILES string of the molecule is SCC[NH+]1CCCCC1. The first kappa shape index (κ1) is 7.42. The molecule has 1 saturated heterocycles. The second kappa shape index (κ2) is 4.18. The number of rotatable bonds is 2. The Bertz CT molecular complexity index is 66.6. The molecule has 1 rings (SSSR count). The highest BCUT2D eigenvalue weighted by atomic mass is 32.1. The van der Waals surface area contributed by atoms with Crippen molar-refractivity contribution in [1.29, 1.82) is 0 Å². The lowest BCUT2D eigenvalue weighted by Gasteiger charge is -2.22. The normalized spacial score (nSPS) is 22.3. The molecule has 0 aliphatic carbocycles. The Morgan fingerprint density at radius 1 is 1.11 bits per heavy atom. The third kappa shape index (κ3) is 2.59. The number of likely N-dealkylation sites (tertiary alicyclic amines) is 1. The van der Waals surface area contributed by atoms with E-state index in [0.717, 1.165) is 5.75 Å². The number of quaternary nitrogens is 1. The van der Waals surface area contributed by atoms with Gasteiger partial charge in [-0.1, -0.05) is 0 Å². The van der Waals surface area contributed by atoms with Gasteiger partial charge in [-0.25, -0.2) is 0 Å². The smallest absolute Gasteiger partial charge is 0.0860 e. The lowest BCUT2D eigenvalue weighted by molar-refractivity contribution is -0.902. The van der Waals surface area contributed by atoms with E-state index < -0.39 is 0 Å². The maximum absolute atomic E-state index is 4.21. The van der Waals surface area contributed by atoms with Crippen LogP contribution in [0.2, 0.25) is 0 Å². The van der Waals surface area contributed by atoms with Crippen molar-refractivity contribution in [2.24, 2.45) is 0 Å². The maximum Gasteiger partial charge on any atom is 0.0860 e. The molecule has 1 fully saturated rings. The van der Waals surface area contributed by atoms with Crippen molar-refractivity contribution >= 4 is 12.6 Å². The number of piperidine rings is 1. The van der Waals surface area contributed by atoms with E-state index in [1.165, 1.54) is 38.9 Å². The standard InChI is InChI=1S/C7H15NS/c9-7-6-8-4-2-1-3-5-8/h9H,1-7H2/p+1. The Kier molecular flexibility index (Phi) is 3.44. The summed E-state index contributed by atoms with van der Waals surface area (Å²) in [6, 6.07) is 0. The Morgan fingerprint density at radius 3 is 2.33 bits per heavy atom. The van der Waals surface area contributed by atoms with Crippen molar-refractivity contribution in [2.45, 2.75) is 19.3 Å². The average molecular weight is 146 g/mol. The minimum atomic E-state index is 1.05. The van der Waals surface area contributed by atoms with Crippen LogP contribution >= 0.6 is 12.6 Å². The van der Waals surface area contributed by atoms with E-state index in [0.29, 0.717) is 0 Å². The Hall–Kier alpha value is 0.310. The number of thiol groups is 1. The van der Waals surface area contributed by atoms with Gasteiger partial charge in [-0.05, 0) is 19.3 Å². The molecule has 0 unspecified atom stereocenters. The molecule has 9 heavy (non-hydrogen) atoms. The van der Waals surface area contributed by atoms with E-state index in [1.807, 2.05) is 0 Å². The van der Waals surface area contributed by atoms with Crippen molar-refractivity contribution in [3.63, 3.8) is 0 Å². The summed E-state index contributed by atoms with van der Waals surface area (Å²) < 4.78 is 0. The van der Waals surface area contributed by atoms with Gasteiger partial charge in [0.15, 0.2) is 0 Å². The molecule has 0 aromatic rings. The van der Waals surface area contributed by atoms with Gasteiger partial charge in [0, 0.05) is 5.75 Å². The lowest BCUT2D eigenvalue weighted by atomic mass is 10.1. The molecule has 1 N–H and O–H groups in total. The molecule has 0 bridgehead atoms. The van der Waals surface area contributed by atoms with Gasteiger partial charge in [0.2, 0.25) is 0 Å². The molecule has 0 aromatic heterocycles. The van der Waals surface area contributed by atoms with Crippen molar-refractivity contribution in [3.05, 3.63) is 0 Å². The fourth-order valence-electron chi connectivity index (χ4n) is 1.46. The van der Waals surface area contributed by atoms with Crippen molar-refractivity contribution in [2.75, 3.05) is 25.4 Å². The summed E-state index contributed by atoms with van der Waals surface area (Å²) in [6.45, 7) is 4.05. The zero-order chi connectivity index (χ0) is 6.53. The third-order valence-electron chi connectivity index (χ3n) is 2.03. The van der Waals surface area contributed by atoms with Crippen LogP contribution in [-0.2, 0) is 0 Å². The van der Waals surface area contributed by atoms with E-state index in [2.05, 4.69) is 12.6 Å². The Morgan fingerprint density at radius 2 is 1.78 bits per heavy atom. The fraction of sp³-hybridized carbons (Fsp3) is 1.00. The highest BCUT2D eigenvalue weighted by molar-refractivity contribution is 7.80. The Balaban J connectivity index is 2.08. The van der Waals surface area contributed by atoms with Crippen LogP contribution in [0, 0.1) is 0 Å². The first-order valence-electron chi connectivity index (χ1n) is 3.88. The first-order valence-corrected chi connectivity index (χ1v) is 4.51. The van der Waals surface area contributed by atoms with Gasteiger partial charge in [0.1, 0.15) is 0 Å². The topological polar surface area (TPSA) is 4.44 Å². The van der Waals surface area contributed by atoms with Crippen LogP contribution in [0.1, 0.15) is 19.3 Å². The molecule has 0 spiro atoms. The summed E-state index contributed by atoms with van der Waals surface area (Å²) in [4.78, 5) is 1.76. The van der Waals surface area contributed by atoms with Crippen molar-refractivity contribution < 1.29 is 4.90 Å². The van der Waals surface area contributed by atoms with Crippen LogP contribution in [0.25, 0.3) is 0 Å². The predicted molar refractivity (Wildman–Crippen MR) is 43.3 cm³/mol. The molecule has 1 heterocycles. The monoisotopic (exact) mass is 146 g/mol. The summed E-state index contributed by atoms with van der Waals surface area (Å²) in [5, 5.41) is 0. The summed E-state index contributed by atoms with van der Waals surface area (Å²) in [6.07, 6.45) is 4.32. The average Bonchev–Trinajstić information content (AvgIpc) is 1.91. The second-order valence-corrected chi connectivity index (χ2v) is 3.23. The van der Waals surface area contributed by atoms with E-state index in [9.17, 15) is 0 Å². The second-order valence-electron chi connectivity index (χ2n) is 2.78. The van der Waals surface area contributed by atoms with Gasteiger partial charge in [0.05, 0.1) is 19.6 Å². The molecule has 2 heteroatoms. The maximum atomic E-state index is 4.21. The van der Waals surface area contributed by atoms with Crippen molar-refractivity contribution in [1.82, 2.24) is 0 Å². The van der Waals surface area contributed by atoms with E-state index in [4.69, 9.17) is 0 Å². The molecule has 0 amide bonds. The molecule has 0 radical (unpaired) electrons. The zero-order valence-electron chi connectivity index (χ0n) is 5.90. The molecule has 54 valence electrons. The summed E-state index contributed by atoms with van der Waals surface area (Å²) in [5.74, 6) is 1.05. The summed E-state index contributed by atoms with van der Waals surface area (Å²) in [5.41, 5.74) is 0. The minimum absolute atomic E-state index is 1.05. The quantitative estimate of drug-likeness (QED) is 0.505. The largest absolute Gasteiger partial charge is 0.334 e. The van der Waals surface area contributed by atoms with E-state index in [-0.39, 0.29) is 0 Å².